The molecular formula is C27H32N2O6. The van der Waals surface area contributed by atoms with Crippen molar-refractivity contribution in [2.24, 2.45) is 5.92 Å². The topological polar surface area (TPSA) is 114 Å². The van der Waals surface area contributed by atoms with Crippen molar-refractivity contribution in [3.63, 3.8) is 0 Å². The molecule has 1 fully saturated rings. The Bertz CT molecular complexity index is 1020. The Labute approximate surface area is 205 Å². The number of hydrogen-bond acceptors (Lipinski definition) is 5. The van der Waals surface area contributed by atoms with Gasteiger partial charge in [0, 0.05) is 32.1 Å². The largest absolute Gasteiger partial charge is 0.480 e. The molecule has 2 aromatic carbocycles. The molecule has 0 radical (unpaired) electrons. The molecule has 186 valence electrons. The molecule has 35 heavy (non-hydrogen) atoms. The summed E-state index contributed by atoms with van der Waals surface area (Å²) in [7, 11) is 1.55. The molecule has 3 N–H and O–H groups in total. The van der Waals surface area contributed by atoms with Crippen LogP contribution in [0.5, 0.6) is 0 Å². The standard InChI is InChI=1S/C27H32N2O6/c1-34-14-6-11-23(26(31)32)28-25(30)15-24(17-12-13-17)29-27(33)35-16-22-20-9-4-2-7-18(20)19-8-3-5-10-21(19)22/h2-5,7-10,17,22-24H,6,11-16H2,1H3,(H,28,30)(H,29,33)(H,31,32). The minimum absolute atomic E-state index is 0.0168. The predicted octanol–water partition coefficient (Wildman–Crippen LogP) is 3.69. The lowest BCUT2D eigenvalue weighted by molar-refractivity contribution is -0.142. The maximum atomic E-state index is 12.7. The molecule has 0 spiro atoms. The number of fused-ring (bicyclic) bond motifs is 3. The van der Waals surface area contributed by atoms with Gasteiger partial charge >= 0.3 is 12.1 Å². The first-order valence-corrected chi connectivity index (χ1v) is 12.1. The van der Waals surface area contributed by atoms with Gasteiger partial charge in [0.15, 0.2) is 0 Å². The number of nitrogens with one attached hydrogen (secondary N) is 2. The summed E-state index contributed by atoms with van der Waals surface area (Å²) in [4.78, 5) is 36.7. The van der Waals surface area contributed by atoms with Crippen molar-refractivity contribution in [1.82, 2.24) is 10.6 Å². The van der Waals surface area contributed by atoms with Gasteiger partial charge in [-0.15, -0.1) is 0 Å². The second-order valence-electron chi connectivity index (χ2n) is 9.21. The molecule has 8 heteroatoms. The molecule has 8 nitrogen and oxygen atoms in total. The van der Waals surface area contributed by atoms with E-state index in [0.717, 1.165) is 35.1 Å². The number of hydrogen-bond donors (Lipinski definition) is 3. The molecule has 0 aromatic heterocycles. The van der Waals surface area contributed by atoms with Gasteiger partial charge in [-0.2, -0.15) is 0 Å². The van der Waals surface area contributed by atoms with Crippen molar-refractivity contribution < 1.29 is 29.0 Å². The van der Waals surface area contributed by atoms with Crippen molar-refractivity contribution in [3.05, 3.63) is 59.7 Å². The van der Waals surface area contributed by atoms with Crippen molar-refractivity contribution in [2.45, 2.75) is 50.1 Å². The van der Waals surface area contributed by atoms with Gasteiger partial charge in [-0.1, -0.05) is 48.5 Å². The SMILES string of the molecule is COCCCC(NC(=O)CC(NC(=O)OCC1c2ccccc2-c2ccccc21)C1CC1)C(=O)O. The predicted molar refractivity (Wildman–Crippen MR) is 130 cm³/mol. The molecule has 2 unspecified atom stereocenters. The average molecular weight is 481 g/mol. The van der Waals surface area contributed by atoms with E-state index in [0.29, 0.717) is 13.0 Å². The highest BCUT2D eigenvalue weighted by Crippen LogP contribution is 2.44. The highest BCUT2D eigenvalue weighted by atomic mass is 16.5. The Morgan fingerprint density at radius 3 is 2.20 bits per heavy atom. The fraction of sp³-hybridized carbons (Fsp3) is 0.444. The Balaban J connectivity index is 1.32. The molecule has 1 saturated carbocycles. The third-order valence-electron chi connectivity index (χ3n) is 6.72. The Hall–Kier alpha value is -3.39. The first-order valence-electron chi connectivity index (χ1n) is 12.1. The first kappa shape index (κ1) is 24.7. The molecular weight excluding hydrogens is 448 g/mol. The molecule has 2 aliphatic rings. The van der Waals surface area contributed by atoms with Crippen LogP contribution < -0.4 is 10.6 Å². The van der Waals surface area contributed by atoms with E-state index in [-0.39, 0.29) is 37.3 Å². The average Bonchev–Trinajstić information content (AvgIpc) is 3.65. The number of carbonyl (C=O) groups is 3. The van der Waals surface area contributed by atoms with Crippen LogP contribution in [0, 0.1) is 5.92 Å². The fourth-order valence-corrected chi connectivity index (χ4v) is 4.77. The maximum Gasteiger partial charge on any atom is 0.407 e. The molecule has 0 aliphatic heterocycles. The van der Waals surface area contributed by atoms with E-state index >= 15 is 0 Å². The summed E-state index contributed by atoms with van der Waals surface area (Å²) in [6.45, 7) is 0.623. The molecule has 0 heterocycles. The summed E-state index contributed by atoms with van der Waals surface area (Å²) in [6.07, 6.45) is 2.09. The van der Waals surface area contributed by atoms with E-state index in [1.165, 1.54) is 0 Å². The Morgan fingerprint density at radius 2 is 1.63 bits per heavy atom. The second-order valence-corrected chi connectivity index (χ2v) is 9.21. The number of alkyl carbamates (subject to hydrolysis) is 1. The smallest absolute Gasteiger partial charge is 0.407 e. The van der Waals surface area contributed by atoms with E-state index in [4.69, 9.17) is 9.47 Å². The highest BCUT2D eigenvalue weighted by Gasteiger charge is 2.35. The first-order chi connectivity index (χ1) is 17.0. The summed E-state index contributed by atoms with van der Waals surface area (Å²) >= 11 is 0. The lowest BCUT2D eigenvalue weighted by Gasteiger charge is -2.21. The lowest BCUT2D eigenvalue weighted by Crippen LogP contribution is -2.45. The number of rotatable bonds is 12. The molecule has 2 aliphatic carbocycles. The minimum atomic E-state index is -1.08. The summed E-state index contributed by atoms with van der Waals surface area (Å²) < 4.78 is 10.6. The van der Waals surface area contributed by atoms with Crippen molar-refractivity contribution in [3.8, 4) is 11.1 Å². The van der Waals surface area contributed by atoms with Crippen LogP contribution in [0.1, 0.15) is 49.1 Å². The minimum Gasteiger partial charge on any atom is -0.480 e. The molecule has 2 amide bonds. The molecule has 0 saturated heterocycles. The summed E-state index contributed by atoms with van der Waals surface area (Å²) in [5.74, 6) is -1.33. The summed E-state index contributed by atoms with van der Waals surface area (Å²) in [5, 5.41) is 14.8. The monoisotopic (exact) mass is 480 g/mol. The second kappa shape index (κ2) is 11.4. The fourth-order valence-electron chi connectivity index (χ4n) is 4.77. The van der Waals surface area contributed by atoms with Crippen LogP contribution in [0.2, 0.25) is 0 Å². The van der Waals surface area contributed by atoms with Crippen LogP contribution in [0.4, 0.5) is 4.79 Å². The normalized spacial score (nSPS) is 16.0. The number of ether oxygens (including phenoxy) is 2. The number of carboxylic acid groups (broad SMARTS) is 1. The van der Waals surface area contributed by atoms with E-state index in [1.54, 1.807) is 7.11 Å². The molecule has 2 atom stereocenters. The van der Waals surface area contributed by atoms with Crippen LogP contribution in [0.3, 0.4) is 0 Å². The number of aliphatic carboxylic acids is 1. The van der Waals surface area contributed by atoms with E-state index in [2.05, 4.69) is 34.9 Å². The highest BCUT2D eigenvalue weighted by molar-refractivity contribution is 5.84. The van der Waals surface area contributed by atoms with E-state index < -0.39 is 24.0 Å². The molecule has 0 bridgehead atoms. The lowest BCUT2D eigenvalue weighted by atomic mass is 9.98. The van der Waals surface area contributed by atoms with Crippen LogP contribution in [0.25, 0.3) is 11.1 Å². The van der Waals surface area contributed by atoms with Gasteiger partial charge < -0.3 is 25.2 Å². The number of methoxy groups -OCH3 is 1. The van der Waals surface area contributed by atoms with Crippen LogP contribution in [0.15, 0.2) is 48.5 Å². The summed E-state index contributed by atoms with van der Waals surface area (Å²) in [6, 6.07) is 14.9. The number of benzene rings is 2. The van der Waals surface area contributed by atoms with Gasteiger partial charge in [-0.05, 0) is 53.9 Å². The Kier molecular flexibility index (Phi) is 8.02. The van der Waals surface area contributed by atoms with Crippen molar-refractivity contribution in [2.75, 3.05) is 20.3 Å². The number of carbonyl (C=O) groups excluding carboxylic acids is 2. The zero-order valence-electron chi connectivity index (χ0n) is 19.9. The number of carboxylic acids is 1. The van der Waals surface area contributed by atoms with Gasteiger partial charge in [-0.3, -0.25) is 4.79 Å². The van der Waals surface area contributed by atoms with Crippen molar-refractivity contribution >= 4 is 18.0 Å². The van der Waals surface area contributed by atoms with Crippen LogP contribution in [-0.4, -0.2) is 55.5 Å². The number of amides is 2. The van der Waals surface area contributed by atoms with Crippen LogP contribution in [-0.2, 0) is 19.1 Å². The zero-order valence-corrected chi connectivity index (χ0v) is 19.9. The third-order valence-corrected chi connectivity index (χ3v) is 6.72. The quantitative estimate of drug-likeness (QED) is 0.399. The third kappa shape index (κ3) is 6.19. The summed E-state index contributed by atoms with van der Waals surface area (Å²) in [5.41, 5.74) is 4.58. The van der Waals surface area contributed by atoms with Gasteiger partial charge in [0.1, 0.15) is 12.6 Å². The van der Waals surface area contributed by atoms with E-state index in [1.807, 2.05) is 24.3 Å². The van der Waals surface area contributed by atoms with Crippen molar-refractivity contribution in [1.29, 1.82) is 0 Å². The van der Waals surface area contributed by atoms with Gasteiger partial charge in [0.05, 0.1) is 0 Å². The van der Waals surface area contributed by atoms with Crippen LogP contribution >= 0.6 is 0 Å². The van der Waals surface area contributed by atoms with Gasteiger partial charge in [0.2, 0.25) is 5.91 Å². The molecule has 2 aromatic rings. The maximum absolute atomic E-state index is 12.7. The van der Waals surface area contributed by atoms with Gasteiger partial charge in [0.25, 0.3) is 0 Å². The van der Waals surface area contributed by atoms with E-state index in [9.17, 15) is 19.5 Å². The zero-order chi connectivity index (χ0) is 24.8. The molecule has 4 rings (SSSR count). The van der Waals surface area contributed by atoms with Gasteiger partial charge in [-0.25, -0.2) is 9.59 Å². The Morgan fingerprint density at radius 1 is 1.00 bits per heavy atom.